The molecular formula is C15H25O6PS. The van der Waals surface area contributed by atoms with Gasteiger partial charge < -0.3 is 9.05 Å². The second kappa shape index (κ2) is 8.94. The van der Waals surface area contributed by atoms with E-state index in [1.807, 2.05) is 13.8 Å². The van der Waals surface area contributed by atoms with Crippen molar-refractivity contribution in [2.45, 2.75) is 51.3 Å². The minimum Gasteiger partial charge on any atom is -0.307 e. The summed E-state index contributed by atoms with van der Waals surface area (Å²) in [5.74, 6) is -1.15. The van der Waals surface area contributed by atoms with E-state index in [9.17, 15) is 13.0 Å². The number of rotatable bonds is 10. The van der Waals surface area contributed by atoms with E-state index in [1.54, 1.807) is 26.0 Å². The van der Waals surface area contributed by atoms with E-state index in [-0.39, 0.29) is 24.5 Å². The van der Waals surface area contributed by atoms with Crippen LogP contribution < -0.4 is 0 Å². The molecule has 0 aliphatic heterocycles. The summed E-state index contributed by atoms with van der Waals surface area (Å²) in [5, 5.41) is 0. The Morgan fingerprint density at radius 2 is 1.57 bits per heavy atom. The molecule has 0 amide bonds. The molecule has 0 bridgehead atoms. The second-order valence-corrected chi connectivity index (χ2v) is 8.73. The molecule has 0 aromatic heterocycles. The average Bonchev–Trinajstić information content (AvgIpc) is 2.47. The molecule has 0 spiro atoms. The lowest BCUT2D eigenvalue weighted by atomic mass is 10.2. The highest BCUT2D eigenvalue weighted by Gasteiger charge is 2.39. The summed E-state index contributed by atoms with van der Waals surface area (Å²) in [7, 11) is -7.72. The van der Waals surface area contributed by atoms with Crippen LogP contribution in [0, 0.1) is 6.92 Å². The van der Waals surface area contributed by atoms with Crippen LogP contribution in [0.5, 0.6) is 0 Å². The molecule has 0 fully saturated rings. The van der Waals surface area contributed by atoms with Crippen molar-refractivity contribution in [2.75, 3.05) is 13.2 Å². The van der Waals surface area contributed by atoms with Gasteiger partial charge in [0, 0.05) is 0 Å². The second-order valence-electron chi connectivity index (χ2n) is 4.98. The van der Waals surface area contributed by atoms with Crippen LogP contribution in [0.1, 0.15) is 39.2 Å². The van der Waals surface area contributed by atoms with Crippen LogP contribution in [0.4, 0.5) is 0 Å². The van der Waals surface area contributed by atoms with Crippen molar-refractivity contribution in [3.05, 3.63) is 29.8 Å². The molecule has 0 radical (unpaired) electrons. The summed E-state index contributed by atoms with van der Waals surface area (Å²) in [4.78, 5) is 0.0174. The van der Waals surface area contributed by atoms with Crippen LogP contribution in [0.3, 0.4) is 0 Å². The van der Waals surface area contributed by atoms with Crippen LogP contribution in [-0.4, -0.2) is 27.5 Å². The highest BCUT2D eigenvalue weighted by molar-refractivity contribution is 7.87. The fourth-order valence-electron chi connectivity index (χ4n) is 1.98. The molecule has 1 rings (SSSR count). The van der Waals surface area contributed by atoms with Gasteiger partial charge in [-0.2, -0.15) is 8.42 Å². The highest BCUT2D eigenvalue weighted by atomic mass is 32.2. The molecule has 6 nitrogen and oxygen atoms in total. The summed E-state index contributed by atoms with van der Waals surface area (Å²) >= 11 is 0. The van der Waals surface area contributed by atoms with Crippen molar-refractivity contribution in [2.24, 2.45) is 0 Å². The lowest BCUT2D eigenvalue weighted by Gasteiger charge is -2.25. The van der Waals surface area contributed by atoms with Crippen molar-refractivity contribution in [1.82, 2.24) is 0 Å². The molecule has 0 saturated carbocycles. The normalized spacial score (nSPS) is 13.9. The topological polar surface area (TPSA) is 78.9 Å². The molecule has 1 aromatic rings. The molecule has 0 aliphatic carbocycles. The smallest absolute Gasteiger partial charge is 0.307 e. The number of benzene rings is 1. The first-order valence-electron chi connectivity index (χ1n) is 7.67. The molecule has 0 N–H and O–H groups in total. The predicted molar refractivity (Wildman–Crippen MR) is 89.0 cm³/mol. The van der Waals surface area contributed by atoms with E-state index in [0.717, 1.165) is 5.56 Å². The van der Waals surface area contributed by atoms with Crippen LogP contribution in [-0.2, 0) is 27.9 Å². The van der Waals surface area contributed by atoms with E-state index in [1.165, 1.54) is 12.1 Å². The fourth-order valence-corrected chi connectivity index (χ4v) is 5.41. The molecule has 0 unspecified atom stereocenters. The van der Waals surface area contributed by atoms with Gasteiger partial charge in [0.2, 0.25) is 0 Å². The van der Waals surface area contributed by atoms with Gasteiger partial charge in [0.1, 0.15) is 0 Å². The summed E-state index contributed by atoms with van der Waals surface area (Å²) in [5.41, 5.74) is 0.934. The van der Waals surface area contributed by atoms with E-state index >= 15 is 0 Å². The number of hydrogen-bond acceptors (Lipinski definition) is 6. The Kier molecular flexibility index (Phi) is 7.90. The van der Waals surface area contributed by atoms with Crippen molar-refractivity contribution >= 4 is 17.7 Å². The number of hydrogen-bond donors (Lipinski definition) is 0. The molecule has 0 saturated heterocycles. The van der Waals surface area contributed by atoms with E-state index in [4.69, 9.17) is 13.2 Å². The largest absolute Gasteiger partial charge is 0.360 e. The van der Waals surface area contributed by atoms with Crippen molar-refractivity contribution < 1.29 is 26.2 Å². The first kappa shape index (κ1) is 20.3. The zero-order valence-electron chi connectivity index (χ0n) is 14.0. The van der Waals surface area contributed by atoms with E-state index in [0.29, 0.717) is 6.42 Å². The van der Waals surface area contributed by atoms with Gasteiger partial charge in [-0.15, -0.1) is 0 Å². The van der Waals surface area contributed by atoms with Gasteiger partial charge in [-0.1, -0.05) is 31.0 Å². The third-order valence-electron chi connectivity index (χ3n) is 3.05. The standard InChI is InChI=1S/C15H25O6PS/c1-5-8-15(22(16,19-6-2)20-7-3)21-23(17,18)14-11-9-13(4)10-12-14/h9-12,15H,5-8H2,1-4H3/t15-/m0/s1. The van der Waals surface area contributed by atoms with Crippen molar-refractivity contribution in [3.8, 4) is 0 Å². The van der Waals surface area contributed by atoms with Gasteiger partial charge in [-0.05, 0) is 39.3 Å². The summed E-state index contributed by atoms with van der Waals surface area (Å²) < 4.78 is 53.4. The number of aryl methyl sites for hydroxylation is 1. The van der Waals surface area contributed by atoms with Crippen LogP contribution in [0.25, 0.3) is 0 Å². The SMILES string of the molecule is CCC[C@@H](OS(=O)(=O)c1ccc(C)cc1)P(=O)(OCC)OCC. The maximum atomic E-state index is 12.8. The molecular weight excluding hydrogens is 339 g/mol. The van der Waals surface area contributed by atoms with Gasteiger partial charge in [0.15, 0.2) is 5.85 Å². The van der Waals surface area contributed by atoms with Crippen LogP contribution in [0.2, 0.25) is 0 Å². The van der Waals surface area contributed by atoms with Crippen LogP contribution in [0.15, 0.2) is 29.2 Å². The Morgan fingerprint density at radius 3 is 2.00 bits per heavy atom. The molecule has 1 atom stereocenters. The van der Waals surface area contributed by atoms with Gasteiger partial charge in [-0.3, -0.25) is 8.75 Å². The Labute approximate surface area is 138 Å². The molecule has 23 heavy (non-hydrogen) atoms. The van der Waals surface area contributed by atoms with Crippen molar-refractivity contribution in [3.63, 3.8) is 0 Å². The third-order valence-corrected chi connectivity index (χ3v) is 6.84. The first-order valence-corrected chi connectivity index (χ1v) is 10.7. The monoisotopic (exact) mass is 364 g/mol. The Hall–Kier alpha value is -0.720. The Bertz CT molecular complexity index is 616. The highest BCUT2D eigenvalue weighted by Crippen LogP contribution is 2.55. The van der Waals surface area contributed by atoms with Gasteiger partial charge in [0.25, 0.3) is 10.1 Å². The molecule has 1 aromatic carbocycles. The summed E-state index contributed by atoms with van der Waals surface area (Å²) in [6.45, 7) is 7.33. The van der Waals surface area contributed by atoms with Gasteiger partial charge in [0.05, 0.1) is 18.1 Å². The zero-order chi connectivity index (χ0) is 17.5. The third kappa shape index (κ3) is 5.69. The molecule has 8 heteroatoms. The van der Waals surface area contributed by atoms with E-state index in [2.05, 4.69) is 0 Å². The van der Waals surface area contributed by atoms with Gasteiger partial charge >= 0.3 is 7.60 Å². The van der Waals surface area contributed by atoms with E-state index < -0.39 is 23.6 Å². The van der Waals surface area contributed by atoms with Gasteiger partial charge in [-0.25, -0.2) is 0 Å². The minimum atomic E-state index is -4.05. The molecule has 0 heterocycles. The van der Waals surface area contributed by atoms with Crippen molar-refractivity contribution in [1.29, 1.82) is 0 Å². The quantitative estimate of drug-likeness (QED) is 0.459. The van der Waals surface area contributed by atoms with Crippen LogP contribution >= 0.6 is 7.60 Å². The average molecular weight is 364 g/mol. The Balaban J connectivity index is 3.10. The summed E-state index contributed by atoms with van der Waals surface area (Å²) in [6, 6.07) is 6.27. The first-order chi connectivity index (χ1) is 10.8. The lowest BCUT2D eigenvalue weighted by Crippen LogP contribution is -2.21. The maximum absolute atomic E-state index is 12.8. The zero-order valence-corrected chi connectivity index (χ0v) is 15.7. The Morgan fingerprint density at radius 1 is 1.04 bits per heavy atom. The summed E-state index contributed by atoms with van der Waals surface area (Å²) in [6.07, 6.45) is 0.834. The molecule has 132 valence electrons. The minimum absolute atomic E-state index is 0.0174. The maximum Gasteiger partial charge on any atom is 0.360 e. The molecule has 0 aliphatic rings. The lowest BCUT2D eigenvalue weighted by molar-refractivity contribution is 0.159. The fraction of sp³-hybridized carbons (Fsp3) is 0.600. The predicted octanol–water partition coefficient (Wildman–Crippen LogP) is 4.09.